The van der Waals surface area contributed by atoms with E-state index in [9.17, 15) is 14.4 Å². The highest BCUT2D eigenvalue weighted by atomic mass is 16.3. The minimum atomic E-state index is -0.364. The first kappa shape index (κ1) is 17.0. The molecule has 0 aliphatic carbocycles. The summed E-state index contributed by atoms with van der Waals surface area (Å²) in [6.45, 7) is 3.79. The van der Waals surface area contributed by atoms with Gasteiger partial charge in [0.15, 0.2) is 0 Å². The van der Waals surface area contributed by atoms with Gasteiger partial charge in [-0.1, -0.05) is 18.2 Å². The zero-order valence-corrected chi connectivity index (χ0v) is 15.0. The van der Waals surface area contributed by atoms with Gasteiger partial charge in [-0.15, -0.1) is 0 Å². The minimum Gasteiger partial charge on any atom is -0.459 e. The van der Waals surface area contributed by atoms with Gasteiger partial charge in [-0.25, -0.2) is 0 Å². The standard InChI is InChI=1S/C21H18N2O4/c1-12(2)23-20(25)16-8-7-14(10-17(16)21(23)26)19(24)22-11-15-9-13-5-3-4-6-18(13)27-15/h3-10,12H,11H2,1-2H3,(H,22,24). The second-order valence-electron chi connectivity index (χ2n) is 6.77. The van der Waals surface area contributed by atoms with Crippen LogP contribution in [0.1, 0.15) is 50.7 Å². The van der Waals surface area contributed by atoms with Crippen molar-refractivity contribution in [3.63, 3.8) is 0 Å². The molecule has 27 heavy (non-hydrogen) atoms. The Morgan fingerprint density at radius 1 is 1.04 bits per heavy atom. The average molecular weight is 362 g/mol. The van der Waals surface area contributed by atoms with E-state index >= 15 is 0 Å². The number of carbonyl (C=O) groups excluding carboxylic acids is 3. The number of nitrogens with zero attached hydrogens (tertiary/aromatic N) is 1. The number of nitrogens with one attached hydrogen (secondary N) is 1. The van der Waals surface area contributed by atoms with Crippen LogP contribution in [0.2, 0.25) is 0 Å². The second kappa shape index (κ2) is 6.39. The quantitative estimate of drug-likeness (QED) is 0.722. The number of amides is 3. The third kappa shape index (κ3) is 2.89. The molecule has 6 nitrogen and oxygen atoms in total. The van der Waals surface area contributed by atoms with Gasteiger partial charge in [-0.05, 0) is 44.2 Å². The first-order chi connectivity index (χ1) is 13.0. The first-order valence-electron chi connectivity index (χ1n) is 8.73. The van der Waals surface area contributed by atoms with Gasteiger partial charge in [0.2, 0.25) is 0 Å². The lowest BCUT2D eigenvalue weighted by molar-refractivity contribution is 0.0609. The molecule has 1 aromatic heterocycles. The largest absolute Gasteiger partial charge is 0.459 e. The molecule has 3 amide bonds. The lowest BCUT2D eigenvalue weighted by Gasteiger charge is -2.17. The van der Waals surface area contributed by atoms with Crippen LogP contribution in [0, 0.1) is 0 Å². The minimum absolute atomic E-state index is 0.232. The number of imide groups is 1. The summed E-state index contributed by atoms with van der Waals surface area (Å²) < 4.78 is 5.68. The van der Waals surface area contributed by atoms with E-state index in [4.69, 9.17) is 4.42 Å². The highest BCUT2D eigenvalue weighted by Crippen LogP contribution is 2.26. The molecule has 6 heteroatoms. The predicted octanol–water partition coefficient (Wildman–Crippen LogP) is 3.37. The number of benzene rings is 2. The molecule has 1 aliphatic rings. The van der Waals surface area contributed by atoms with Crippen LogP contribution in [-0.4, -0.2) is 28.7 Å². The van der Waals surface area contributed by atoms with E-state index in [0.29, 0.717) is 16.9 Å². The smallest absolute Gasteiger partial charge is 0.261 e. The number of rotatable bonds is 4. The molecule has 0 bridgehead atoms. The Balaban J connectivity index is 1.52. The van der Waals surface area contributed by atoms with Gasteiger partial charge < -0.3 is 9.73 Å². The molecular weight excluding hydrogens is 344 g/mol. The molecule has 4 rings (SSSR count). The first-order valence-corrected chi connectivity index (χ1v) is 8.73. The van der Waals surface area contributed by atoms with Crippen LogP contribution in [0.4, 0.5) is 0 Å². The normalized spacial score (nSPS) is 13.5. The van der Waals surface area contributed by atoms with E-state index in [2.05, 4.69) is 5.32 Å². The van der Waals surface area contributed by atoms with Gasteiger partial charge in [0.25, 0.3) is 17.7 Å². The molecule has 0 radical (unpaired) electrons. The van der Waals surface area contributed by atoms with E-state index in [1.807, 2.05) is 30.3 Å². The van der Waals surface area contributed by atoms with Crippen LogP contribution in [0.5, 0.6) is 0 Å². The number of furan rings is 1. The van der Waals surface area contributed by atoms with Crippen molar-refractivity contribution in [2.24, 2.45) is 0 Å². The lowest BCUT2D eigenvalue weighted by Crippen LogP contribution is -2.35. The second-order valence-corrected chi connectivity index (χ2v) is 6.77. The molecule has 2 aromatic carbocycles. The van der Waals surface area contributed by atoms with E-state index < -0.39 is 0 Å². The molecule has 0 spiro atoms. The van der Waals surface area contributed by atoms with Crippen LogP contribution in [0.25, 0.3) is 11.0 Å². The Hall–Kier alpha value is -3.41. The van der Waals surface area contributed by atoms with Gasteiger partial charge in [-0.2, -0.15) is 0 Å². The van der Waals surface area contributed by atoms with E-state index in [1.165, 1.54) is 17.0 Å². The summed E-state index contributed by atoms with van der Waals surface area (Å²) in [5.41, 5.74) is 1.70. The zero-order valence-electron chi connectivity index (χ0n) is 15.0. The van der Waals surface area contributed by atoms with Crippen molar-refractivity contribution in [2.75, 3.05) is 0 Å². The van der Waals surface area contributed by atoms with Gasteiger partial charge in [0.1, 0.15) is 11.3 Å². The van der Waals surface area contributed by atoms with Crippen molar-refractivity contribution in [3.05, 3.63) is 71.0 Å². The zero-order chi connectivity index (χ0) is 19.1. The van der Waals surface area contributed by atoms with Crippen molar-refractivity contribution in [1.29, 1.82) is 0 Å². The predicted molar refractivity (Wildman–Crippen MR) is 99.5 cm³/mol. The number of para-hydroxylation sites is 1. The summed E-state index contributed by atoms with van der Waals surface area (Å²) in [5, 5.41) is 3.75. The van der Waals surface area contributed by atoms with Crippen molar-refractivity contribution >= 4 is 28.7 Å². The summed E-state index contributed by atoms with van der Waals surface area (Å²) in [5.74, 6) is -0.374. The molecular formula is C21H18N2O4. The SMILES string of the molecule is CC(C)N1C(=O)c2ccc(C(=O)NCc3cc4ccccc4o3)cc2C1=O. The van der Waals surface area contributed by atoms with E-state index in [1.54, 1.807) is 19.9 Å². The Kier molecular flexibility index (Phi) is 4.03. The maximum Gasteiger partial charge on any atom is 0.261 e. The van der Waals surface area contributed by atoms with Gasteiger partial charge >= 0.3 is 0 Å². The fourth-order valence-electron chi connectivity index (χ4n) is 3.26. The van der Waals surface area contributed by atoms with E-state index in [-0.39, 0.29) is 35.9 Å². The molecule has 2 heterocycles. The fraction of sp³-hybridized carbons (Fsp3) is 0.190. The monoisotopic (exact) mass is 362 g/mol. The Labute approximate surface area is 155 Å². The summed E-state index contributed by atoms with van der Waals surface area (Å²) in [4.78, 5) is 38.5. The highest BCUT2D eigenvalue weighted by molar-refractivity contribution is 6.22. The molecule has 0 fully saturated rings. The Bertz CT molecular complexity index is 1050. The Morgan fingerprint density at radius 2 is 1.78 bits per heavy atom. The molecule has 3 aromatic rings. The molecule has 0 atom stereocenters. The highest BCUT2D eigenvalue weighted by Gasteiger charge is 2.37. The maximum absolute atomic E-state index is 12.5. The Morgan fingerprint density at radius 3 is 2.52 bits per heavy atom. The summed E-state index contributed by atoms with van der Waals surface area (Å²) >= 11 is 0. The van der Waals surface area contributed by atoms with Gasteiger partial charge in [0, 0.05) is 17.0 Å². The fourth-order valence-corrected chi connectivity index (χ4v) is 3.26. The number of carbonyl (C=O) groups is 3. The van der Waals surface area contributed by atoms with Crippen LogP contribution in [-0.2, 0) is 6.54 Å². The third-order valence-corrected chi connectivity index (χ3v) is 4.60. The summed E-state index contributed by atoms with van der Waals surface area (Å²) in [6.07, 6.45) is 0. The lowest BCUT2D eigenvalue weighted by atomic mass is 10.1. The molecule has 1 N–H and O–H groups in total. The number of hydrogen-bond acceptors (Lipinski definition) is 4. The molecule has 1 aliphatic heterocycles. The average Bonchev–Trinajstić information content (AvgIpc) is 3.18. The molecule has 0 unspecified atom stereocenters. The molecule has 0 saturated carbocycles. The van der Waals surface area contributed by atoms with Crippen molar-refractivity contribution in [3.8, 4) is 0 Å². The number of hydrogen-bond donors (Lipinski definition) is 1. The number of fused-ring (bicyclic) bond motifs is 2. The topological polar surface area (TPSA) is 79.6 Å². The van der Waals surface area contributed by atoms with Crippen LogP contribution < -0.4 is 5.32 Å². The van der Waals surface area contributed by atoms with Crippen LogP contribution >= 0.6 is 0 Å². The third-order valence-electron chi connectivity index (χ3n) is 4.60. The van der Waals surface area contributed by atoms with Crippen LogP contribution in [0.3, 0.4) is 0 Å². The van der Waals surface area contributed by atoms with Gasteiger partial charge in [0.05, 0.1) is 17.7 Å². The molecule has 0 saturated heterocycles. The van der Waals surface area contributed by atoms with E-state index in [0.717, 1.165) is 11.0 Å². The van der Waals surface area contributed by atoms with Crippen molar-refractivity contribution < 1.29 is 18.8 Å². The van der Waals surface area contributed by atoms with Crippen LogP contribution in [0.15, 0.2) is 52.9 Å². The summed E-state index contributed by atoms with van der Waals surface area (Å²) in [7, 11) is 0. The maximum atomic E-state index is 12.5. The van der Waals surface area contributed by atoms with Crippen molar-refractivity contribution in [1.82, 2.24) is 10.2 Å². The van der Waals surface area contributed by atoms with Crippen molar-refractivity contribution in [2.45, 2.75) is 26.4 Å². The summed E-state index contributed by atoms with van der Waals surface area (Å²) in [6, 6.07) is 13.8. The molecule has 136 valence electrons. The van der Waals surface area contributed by atoms with Gasteiger partial charge in [-0.3, -0.25) is 19.3 Å².